The van der Waals surface area contributed by atoms with E-state index in [0.29, 0.717) is 0 Å². The predicted molar refractivity (Wildman–Crippen MR) is 82.7 cm³/mol. The summed E-state index contributed by atoms with van der Waals surface area (Å²) in [6.07, 6.45) is 0.811. The van der Waals surface area contributed by atoms with Gasteiger partial charge >= 0.3 is 0 Å². The van der Waals surface area contributed by atoms with E-state index in [1.54, 1.807) is 0 Å². The largest absolute Gasteiger partial charge is 0.457 e. The second-order valence-corrected chi connectivity index (χ2v) is 5.77. The lowest BCUT2D eigenvalue weighted by atomic mass is 10.0. The Kier molecular flexibility index (Phi) is 4.61. The van der Waals surface area contributed by atoms with Gasteiger partial charge in [0.15, 0.2) is 0 Å². The second-order valence-electron chi connectivity index (χ2n) is 4.85. The van der Waals surface area contributed by atoms with Crippen LogP contribution in [0.5, 0.6) is 11.5 Å². The number of hydrogen-bond acceptors (Lipinski definition) is 2. The Bertz CT molecular complexity index is 566. The number of ether oxygens (including phenoxy) is 1. The molecule has 0 spiro atoms. The highest BCUT2D eigenvalue weighted by molar-refractivity contribution is 9.10. The fraction of sp³-hybridized carbons (Fsp3) is 0.250. The third kappa shape index (κ3) is 4.08. The molecule has 1 unspecified atom stereocenters. The molecule has 0 fully saturated rings. The van der Waals surface area contributed by atoms with Gasteiger partial charge in [0, 0.05) is 10.5 Å². The first-order valence-electron chi connectivity index (χ1n) is 6.33. The predicted octanol–water partition coefficient (Wildman–Crippen LogP) is 4.44. The minimum atomic E-state index is 0.117. The topological polar surface area (TPSA) is 35.2 Å². The Morgan fingerprint density at radius 3 is 2.68 bits per heavy atom. The van der Waals surface area contributed by atoms with Crippen LogP contribution in [-0.2, 0) is 6.42 Å². The summed E-state index contributed by atoms with van der Waals surface area (Å²) in [7, 11) is 0. The highest BCUT2D eigenvalue weighted by Gasteiger charge is 2.08. The summed E-state index contributed by atoms with van der Waals surface area (Å²) in [6, 6.07) is 14.1. The quantitative estimate of drug-likeness (QED) is 0.904. The maximum absolute atomic E-state index is 5.96. The minimum absolute atomic E-state index is 0.117. The van der Waals surface area contributed by atoms with Crippen LogP contribution in [0, 0.1) is 6.92 Å². The van der Waals surface area contributed by atoms with Crippen LogP contribution >= 0.6 is 15.9 Å². The van der Waals surface area contributed by atoms with Crippen LogP contribution in [0.1, 0.15) is 18.1 Å². The van der Waals surface area contributed by atoms with E-state index >= 15 is 0 Å². The Balaban J connectivity index is 2.28. The van der Waals surface area contributed by atoms with Crippen molar-refractivity contribution in [3.63, 3.8) is 0 Å². The van der Waals surface area contributed by atoms with Crippen molar-refractivity contribution < 1.29 is 4.74 Å². The van der Waals surface area contributed by atoms with E-state index in [0.717, 1.165) is 28.0 Å². The number of benzene rings is 2. The summed E-state index contributed by atoms with van der Waals surface area (Å²) in [4.78, 5) is 0. The van der Waals surface area contributed by atoms with Gasteiger partial charge in [-0.1, -0.05) is 39.7 Å². The maximum atomic E-state index is 5.96. The number of halogens is 1. The van der Waals surface area contributed by atoms with Crippen molar-refractivity contribution in [3.05, 3.63) is 58.1 Å². The van der Waals surface area contributed by atoms with Crippen molar-refractivity contribution in [1.29, 1.82) is 0 Å². The molecule has 0 heterocycles. The normalized spacial score (nSPS) is 12.2. The van der Waals surface area contributed by atoms with E-state index in [1.165, 1.54) is 5.56 Å². The Morgan fingerprint density at radius 2 is 2.00 bits per heavy atom. The SMILES string of the molecule is Cc1ccc(Oc2cccc(Br)c2)c(CC(C)N)c1. The highest BCUT2D eigenvalue weighted by Crippen LogP contribution is 2.28. The molecule has 0 saturated heterocycles. The molecular formula is C16H18BrNO. The van der Waals surface area contributed by atoms with Gasteiger partial charge in [0.25, 0.3) is 0 Å². The van der Waals surface area contributed by atoms with Crippen molar-refractivity contribution in [2.45, 2.75) is 26.3 Å². The molecule has 0 aliphatic rings. The molecule has 2 N–H and O–H groups in total. The molecule has 0 radical (unpaired) electrons. The van der Waals surface area contributed by atoms with Crippen molar-refractivity contribution in [3.8, 4) is 11.5 Å². The van der Waals surface area contributed by atoms with Gasteiger partial charge in [0.1, 0.15) is 11.5 Å². The van der Waals surface area contributed by atoms with Crippen LogP contribution in [0.15, 0.2) is 46.9 Å². The molecule has 0 amide bonds. The first-order chi connectivity index (χ1) is 9.04. The van der Waals surface area contributed by atoms with Gasteiger partial charge in [0.05, 0.1) is 0 Å². The molecule has 2 aromatic carbocycles. The standard InChI is InChI=1S/C16H18BrNO/c1-11-6-7-16(13(8-11)9-12(2)18)19-15-5-3-4-14(17)10-15/h3-8,10,12H,9,18H2,1-2H3. The van der Waals surface area contributed by atoms with Gasteiger partial charge in [-0.25, -0.2) is 0 Å². The summed E-state index contributed by atoms with van der Waals surface area (Å²) in [5, 5.41) is 0. The highest BCUT2D eigenvalue weighted by atomic mass is 79.9. The summed E-state index contributed by atoms with van der Waals surface area (Å²) >= 11 is 3.45. The molecule has 3 heteroatoms. The van der Waals surface area contributed by atoms with Gasteiger partial charge in [-0.05, 0) is 50.1 Å². The van der Waals surface area contributed by atoms with E-state index in [9.17, 15) is 0 Å². The van der Waals surface area contributed by atoms with E-state index in [4.69, 9.17) is 10.5 Å². The van der Waals surface area contributed by atoms with Gasteiger partial charge < -0.3 is 10.5 Å². The molecule has 2 nitrogen and oxygen atoms in total. The van der Waals surface area contributed by atoms with Crippen LogP contribution in [-0.4, -0.2) is 6.04 Å². The summed E-state index contributed by atoms with van der Waals surface area (Å²) < 4.78 is 6.97. The summed E-state index contributed by atoms with van der Waals surface area (Å²) in [5.74, 6) is 1.70. The average Bonchev–Trinajstić information content (AvgIpc) is 2.32. The first kappa shape index (κ1) is 14.1. The third-order valence-corrected chi connectivity index (χ3v) is 3.28. The van der Waals surface area contributed by atoms with E-state index in [2.05, 4.69) is 35.0 Å². The summed E-state index contributed by atoms with van der Waals surface area (Å²) in [5.41, 5.74) is 8.27. The molecule has 0 aromatic heterocycles. The van der Waals surface area contributed by atoms with Crippen molar-refractivity contribution in [2.75, 3.05) is 0 Å². The molecule has 0 aliphatic carbocycles. The van der Waals surface area contributed by atoms with E-state index < -0.39 is 0 Å². The van der Waals surface area contributed by atoms with Gasteiger partial charge in [-0.15, -0.1) is 0 Å². The molecule has 2 aromatic rings. The molecule has 100 valence electrons. The van der Waals surface area contributed by atoms with Crippen molar-refractivity contribution in [2.24, 2.45) is 5.73 Å². The number of nitrogens with two attached hydrogens (primary N) is 1. The van der Waals surface area contributed by atoms with Crippen molar-refractivity contribution in [1.82, 2.24) is 0 Å². The monoisotopic (exact) mass is 319 g/mol. The smallest absolute Gasteiger partial charge is 0.130 e. The Hall–Kier alpha value is -1.32. The maximum Gasteiger partial charge on any atom is 0.130 e. The Labute approximate surface area is 122 Å². The lowest BCUT2D eigenvalue weighted by Gasteiger charge is -2.14. The fourth-order valence-corrected chi connectivity index (χ4v) is 2.35. The zero-order valence-electron chi connectivity index (χ0n) is 11.2. The van der Waals surface area contributed by atoms with Crippen LogP contribution in [0.3, 0.4) is 0 Å². The van der Waals surface area contributed by atoms with Crippen LogP contribution in [0.4, 0.5) is 0 Å². The second kappa shape index (κ2) is 6.22. The lowest BCUT2D eigenvalue weighted by molar-refractivity contribution is 0.473. The molecule has 0 saturated carbocycles. The fourth-order valence-electron chi connectivity index (χ4n) is 1.97. The van der Waals surface area contributed by atoms with Crippen molar-refractivity contribution >= 4 is 15.9 Å². The van der Waals surface area contributed by atoms with E-state index in [1.807, 2.05) is 37.3 Å². The van der Waals surface area contributed by atoms with Gasteiger partial charge in [0.2, 0.25) is 0 Å². The average molecular weight is 320 g/mol. The number of hydrogen-bond donors (Lipinski definition) is 1. The van der Waals surface area contributed by atoms with E-state index in [-0.39, 0.29) is 6.04 Å². The molecule has 0 aliphatic heterocycles. The third-order valence-electron chi connectivity index (χ3n) is 2.78. The summed E-state index contributed by atoms with van der Waals surface area (Å²) in [6.45, 7) is 4.08. The Morgan fingerprint density at radius 1 is 1.21 bits per heavy atom. The van der Waals surface area contributed by atoms with Crippen LogP contribution < -0.4 is 10.5 Å². The first-order valence-corrected chi connectivity index (χ1v) is 7.12. The number of rotatable bonds is 4. The zero-order valence-corrected chi connectivity index (χ0v) is 12.8. The lowest BCUT2D eigenvalue weighted by Crippen LogP contribution is -2.18. The van der Waals surface area contributed by atoms with Gasteiger partial charge in [-0.2, -0.15) is 0 Å². The molecule has 1 atom stereocenters. The minimum Gasteiger partial charge on any atom is -0.457 e. The molecule has 0 bridgehead atoms. The molecule has 19 heavy (non-hydrogen) atoms. The molecular weight excluding hydrogens is 302 g/mol. The van der Waals surface area contributed by atoms with Crippen LogP contribution in [0.2, 0.25) is 0 Å². The number of aryl methyl sites for hydroxylation is 1. The zero-order chi connectivity index (χ0) is 13.8. The van der Waals surface area contributed by atoms with Crippen LogP contribution in [0.25, 0.3) is 0 Å². The van der Waals surface area contributed by atoms with Gasteiger partial charge in [-0.3, -0.25) is 0 Å². The molecule has 2 rings (SSSR count).